The predicted octanol–water partition coefficient (Wildman–Crippen LogP) is 1.32. The highest BCUT2D eigenvalue weighted by atomic mass is 32.2. The zero-order valence-electron chi connectivity index (χ0n) is 14.5. The Bertz CT molecular complexity index is 699. The van der Waals surface area contributed by atoms with Crippen LogP contribution in [-0.4, -0.2) is 67.6 Å². The van der Waals surface area contributed by atoms with Crippen LogP contribution in [-0.2, 0) is 14.6 Å². The number of ether oxygens (including phenoxy) is 1. The summed E-state index contributed by atoms with van der Waals surface area (Å²) in [4.78, 5) is 18.6. The molecule has 2 fully saturated rings. The Morgan fingerprint density at radius 1 is 1.40 bits per heavy atom. The van der Waals surface area contributed by atoms with Gasteiger partial charge in [-0.15, -0.1) is 0 Å². The first-order valence-corrected chi connectivity index (χ1v) is 10.6. The molecule has 0 spiro atoms. The van der Waals surface area contributed by atoms with E-state index in [4.69, 9.17) is 4.74 Å². The maximum Gasteiger partial charge on any atom is 0.255 e. The van der Waals surface area contributed by atoms with Gasteiger partial charge in [-0.1, -0.05) is 0 Å². The van der Waals surface area contributed by atoms with E-state index >= 15 is 0 Å². The van der Waals surface area contributed by atoms with Crippen molar-refractivity contribution in [1.29, 1.82) is 0 Å². The molecule has 0 saturated carbocycles. The fourth-order valence-corrected chi connectivity index (χ4v) is 5.13. The summed E-state index contributed by atoms with van der Waals surface area (Å²) in [5.41, 5.74) is 0.480. The maximum absolute atomic E-state index is 12.7. The highest BCUT2D eigenvalue weighted by Crippen LogP contribution is 2.20. The van der Waals surface area contributed by atoms with Gasteiger partial charge in [0, 0.05) is 31.9 Å². The molecule has 1 aromatic heterocycles. The highest BCUT2D eigenvalue weighted by molar-refractivity contribution is 7.91. The van der Waals surface area contributed by atoms with Crippen LogP contribution < -0.4 is 5.32 Å². The molecule has 2 atom stereocenters. The van der Waals surface area contributed by atoms with Crippen molar-refractivity contribution in [2.45, 2.75) is 38.3 Å². The van der Waals surface area contributed by atoms with Crippen molar-refractivity contribution in [3.8, 4) is 0 Å². The summed E-state index contributed by atoms with van der Waals surface area (Å²) in [6.07, 6.45) is 4.43. The van der Waals surface area contributed by atoms with E-state index in [0.29, 0.717) is 30.9 Å². The summed E-state index contributed by atoms with van der Waals surface area (Å²) < 4.78 is 28.9. The molecule has 2 saturated heterocycles. The van der Waals surface area contributed by atoms with Crippen LogP contribution in [0, 0.1) is 0 Å². The number of hydrogen-bond donors (Lipinski definition) is 1. The Morgan fingerprint density at radius 3 is 2.80 bits per heavy atom. The van der Waals surface area contributed by atoms with Gasteiger partial charge in [0.2, 0.25) is 0 Å². The molecule has 1 amide bonds. The zero-order valence-corrected chi connectivity index (χ0v) is 15.3. The molecule has 138 valence electrons. The topological polar surface area (TPSA) is 88.6 Å². The number of anilines is 1. The smallest absolute Gasteiger partial charge is 0.255 e. The molecule has 0 radical (unpaired) electrons. The van der Waals surface area contributed by atoms with Gasteiger partial charge in [-0.25, -0.2) is 13.4 Å². The average Bonchev–Trinajstić information content (AvgIpc) is 3.23. The molecular formula is C17H25N3O4S. The number of carbonyl (C=O) groups excluding carboxylic acids is 1. The van der Waals surface area contributed by atoms with Crippen molar-refractivity contribution in [2.24, 2.45) is 0 Å². The van der Waals surface area contributed by atoms with Crippen LogP contribution in [0.1, 0.15) is 36.5 Å². The molecule has 25 heavy (non-hydrogen) atoms. The Kier molecular flexibility index (Phi) is 5.58. The lowest BCUT2D eigenvalue weighted by atomic mass is 10.1. The quantitative estimate of drug-likeness (QED) is 0.816. The van der Waals surface area contributed by atoms with E-state index in [2.05, 4.69) is 10.3 Å². The summed E-state index contributed by atoms with van der Waals surface area (Å²) in [6, 6.07) is 3.28. The normalized spacial score (nSPS) is 25.0. The Labute approximate surface area is 148 Å². The lowest BCUT2D eigenvalue weighted by molar-refractivity contribution is 0.0708. The van der Waals surface area contributed by atoms with Crippen LogP contribution >= 0.6 is 0 Å². The Balaban J connectivity index is 1.61. The number of pyridine rings is 1. The number of aromatic nitrogens is 1. The number of amides is 1. The minimum Gasteiger partial charge on any atom is -0.376 e. The van der Waals surface area contributed by atoms with Crippen molar-refractivity contribution in [3.63, 3.8) is 0 Å². The molecule has 1 N–H and O–H groups in total. The van der Waals surface area contributed by atoms with Crippen LogP contribution in [0.3, 0.4) is 0 Å². The number of sulfone groups is 1. The van der Waals surface area contributed by atoms with E-state index in [-0.39, 0.29) is 29.6 Å². The third-order valence-electron chi connectivity index (χ3n) is 4.80. The van der Waals surface area contributed by atoms with Crippen molar-refractivity contribution in [3.05, 3.63) is 23.9 Å². The third-order valence-corrected chi connectivity index (χ3v) is 6.55. The van der Waals surface area contributed by atoms with Crippen molar-refractivity contribution < 1.29 is 17.9 Å². The second kappa shape index (κ2) is 7.70. The van der Waals surface area contributed by atoms with Gasteiger partial charge in [0.05, 0.1) is 23.2 Å². The average molecular weight is 367 g/mol. The minimum atomic E-state index is -3.02. The highest BCUT2D eigenvalue weighted by Gasteiger charge is 2.34. The summed E-state index contributed by atoms with van der Waals surface area (Å²) in [6.45, 7) is 3.88. The first-order valence-electron chi connectivity index (χ1n) is 8.81. The first-order chi connectivity index (χ1) is 12.0. The van der Waals surface area contributed by atoms with Crippen LogP contribution in [0.4, 0.5) is 5.82 Å². The molecular weight excluding hydrogens is 342 g/mol. The van der Waals surface area contributed by atoms with Gasteiger partial charge in [-0.05, 0) is 38.3 Å². The molecule has 2 unspecified atom stereocenters. The SMILES string of the molecule is CCN(C(=O)c1ccc(NCC2CCCO2)nc1)C1CCS(=O)(=O)C1. The summed E-state index contributed by atoms with van der Waals surface area (Å²) in [5, 5.41) is 3.22. The summed E-state index contributed by atoms with van der Waals surface area (Å²) in [7, 11) is -3.02. The van der Waals surface area contributed by atoms with Crippen LogP contribution in [0.2, 0.25) is 0 Å². The van der Waals surface area contributed by atoms with E-state index in [1.165, 1.54) is 0 Å². The Hall–Kier alpha value is -1.67. The fourth-order valence-electron chi connectivity index (χ4n) is 3.40. The van der Waals surface area contributed by atoms with Crippen LogP contribution in [0.5, 0.6) is 0 Å². The molecule has 0 bridgehead atoms. The third kappa shape index (κ3) is 4.49. The van der Waals surface area contributed by atoms with E-state index in [1.807, 2.05) is 6.92 Å². The lowest BCUT2D eigenvalue weighted by Gasteiger charge is -2.26. The summed E-state index contributed by atoms with van der Waals surface area (Å²) >= 11 is 0. The summed E-state index contributed by atoms with van der Waals surface area (Å²) in [5.74, 6) is 0.758. The largest absolute Gasteiger partial charge is 0.376 e. The van der Waals surface area contributed by atoms with Gasteiger partial charge < -0.3 is 15.0 Å². The van der Waals surface area contributed by atoms with Crippen LogP contribution in [0.25, 0.3) is 0 Å². The second-order valence-corrected chi connectivity index (χ2v) is 8.82. The van der Waals surface area contributed by atoms with E-state index in [0.717, 1.165) is 19.4 Å². The monoisotopic (exact) mass is 367 g/mol. The molecule has 0 aliphatic carbocycles. The molecule has 1 aromatic rings. The fraction of sp³-hybridized carbons (Fsp3) is 0.647. The molecule has 0 aromatic carbocycles. The van der Waals surface area contributed by atoms with Gasteiger partial charge >= 0.3 is 0 Å². The number of carbonyl (C=O) groups is 1. The van der Waals surface area contributed by atoms with E-state index in [1.54, 1.807) is 23.2 Å². The molecule has 3 heterocycles. The number of nitrogens with zero attached hydrogens (tertiary/aromatic N) is 2. The van der Waals surface area contributed by atoms with Gasteiger partial charge in [0.25, 0.3) is 5.91 Å². The van der Waals surface area contributed by atoms with E-state index < -0.39 is 9.84 Å². The van der Waals surface area contributed by atoms with Gasteiger partial charge in [-0.2, -0.15) is 0 Å². The van der Waals surface area contributed by atoms with Crippen molar-refractivity contribution in [2.75, 3.05) is 36.5 Å². The molecule has 7 nitrogen and oxygen atoms in total. The number of hydrogen-bond acceptors (Lipinski definition) is 6. The lowest BCUT2D eigenvalue weighted by Crippen LogP contribution is -2.41. The van der Waals surface area contributed by atoms with Gasteiger partial charge in [0.15, 0.2) is 9.84 Å². The Morgan fingerprint density at radius 2 is 2.24 bits per heavy atom. The standard InChI is InChI=1S/C17H25N3O4S/c1-2-20(14-7-9-25(22,23)12-14)17(21)13-5-6-16(18-10-13)19-11-15-4-3-8-24-15/h5-6,10,14-15H,2-4,7-9,11-12H2,1H3,(H,18,19). The van der Waals surface area contributed by atoms with Gasteiger partial charge in [0.1, 0.15) is 5.82 Å². The molecule has 3 rings (SSSR count). The molecule has 2 aliphatic heterocycles. The predicted molar refractivity (Wildman–Crippen MR) is 95.5 cm³/mol. The zero-order chi connectivity index (χ0) is 17.9. The maximum atomic E-state index is 12.7. The van der Waals surface area contributed by atoms with E-state index in [9.17, 15) is 13.2 Å². The van der Waals surface area contributed by atoms with Crippen LogP contribution in [0.15, 0.2) is 18.3 Å². The van der Waals surface area contributed by atoms with Crippen molar-refractivity contribution >= 4 is 21.6 Å². The second-order valence-electron chi connectivity index (χ2n) is 6.60. The molecule has 8 heteroatoms. The minimum absolute atomic E-state index is 0.0566. The van der Waals surface area contributed by atoms with Crippen molar-refractivity contribution in [1.82, 2.24) is 9.88 Å². The van der Waals surface area contributed by atoms with Gasteiger partial charge in [-0.3, -0.25) is 4.79 Å². The molecule has 2 aliphatic rings. The number of rotatable bonds is 6. The first kappa shape index (κ1) is 18.1. The number of nitrogens with one attached hydrogen (secondary N) is 1.